The Bertz CT molecular complexity index is 1790. The summed E-state index contributed by atoms with van der Waals surface area (Å²) in [4.78, 5) is 26.7. The van der Waals surface area contributed by atoms with Gasteiger partial charge in [-0.15, -0.1) is 0 Å². The average Bonchev–Trinajstić information content (AvgIpc) is 3.11. The zero-order chi connectivity index (χ0) is 65.3. The van der Waals surface area contributed by atoms with Gasteiger partial charge in [0.05, 0.1) is 25.4 Å². The number of hydrogen-bond donors (Lipinski definition) is 6. The summed E-state index contributed by atoms with van der Waals surface area (Å²) < 4.78 is 17.7. The number of aliphatic hydroxyl groups excluding tert-OH is 5. The lowest BCUT2D eigenvalue weighted by molar-refractivity contribution is -0.305. The molecule has 6 N–H and O–H groups in total. The van der Waals surface area contributed by atoms with E-state index >= 15 is 0 Å². The van der Waals surface area contributed by atoms with Crippen molar-refractivity contribution in [3.05, 3.63) is 85.1 Å². The van der Waals surface area contributed by atoms with E-state index in [0.717, 1.165) is 103 Å². The van der Waals surface area contributed by atoms with Gasteiger partial charge in [0.2, 0.25) is 5.91 Å². The summed E-state index contributed by atoms with van der Waals surface area (Å²) in [5.41, 5.74) is 0. The van der Waals surface area contributed by atoms with Crippen LogP contribution in [0.5, 0.6) is 0 Å². The van der Waals surface area contributed by atoms with E-state index in [2.05, 4.69) is 99.0 Å². The van der Waals surface area contributed by atoms with Gasteiger partial charge in [-0.3, -0.25) is 9.59 Å². The molecular formula is C79H141NO10. The molecule has 0 spiro atoms. The van der Waals surface area contributed by atoms with Crippen molar-refractivity contribution in [3.63, 3.8) is 0 Å². The first-order valence-corrected chi connectivity index (χ1v) is 37.9. The molecule has 522 valence electrons. The van der Waals surface area contributed by atoms with Crippen molar-refractivity contribution in [2.75, 3.05) is 13.2 Å². The molecule has 0 saturated carbocycles. The van der Waals surface area contributed by atoms with Gasteiger partial charge in [0, 0.05) is 6.42 Å². The van der Waals surface area contributed by atoms with Crippen LogP contribution in [-0.2, 0) is 23.8 Å². The van der Waals surface area contributed by atoms with Crippen molar-refractivity contribution in [2.45, 2.75) is 391 Å². The maximum atomic E-state index is 13.5. The summed E-state index contributed by atoms with van der Waals surface area (Å²) in [6, 6.07) is -1.03. The van der Waals surface area contributed by atoms with Crippen LogP contribution >= 0.6 is 0 Å². The van der Waals surface area contributed by atoms with Crippen molar-refractivity contribution < 1.29 is 49.3 Å². The summed E-state index contributed by atoms with van der Waals surface area (Å²) in [7, 11) is 0. The second-order valence-corrected chi connectivity index (χ2v) is 26.0. The summed E-state index contributed by atoms with van der Waals surface area (Å²) in [5, 5.41) is 57.3. The third-order valence-electron chi connectivity index (χ3n) is 17.6. The summed E-state index contributed by atoms with van der Waals surface area (Å²) in [6.45, 7) is 5.71. The molecule has 1 heterocycles. The lowest BCUT2D eigenvalue weighted by Crippen LogP contribution is -2.61. The van der Waals surface area contributed by atoms with E-state index in [4.69, 9.17) is 14.2 Å². The lowest BCUT2D eigenvalue weighted by Gasteiger charge is -2.41. The molecule has 90 heavy (non-hydrogen) atoms. The summed E-state index contributed by atoms with van der Waals surface area (Å²) in [6.07, 6.45) is 77.8. The zero-order valence-electron chi connectivity index (χ0n) is 58.2. The zero-order valence-corrected chi connectivity index (χ0v) is 58.2. The molecule has 0 aromatic rings. The number of rotatable bonds is 65. The minimum Gasteiger partial charge on any atom is -0.454 e. The molecular weight excluding hydrogens is 1120 g/mol. The molecule has 1 aliphatic rings. The number of carbonyl (C=O) groups is 2. The molecule has 1 fully saturated rings. The van der Waals surface area contributed by atoms with Crippen LogP contribution in [-0.4, -0.2) is 99.6 Å². The molecule has 0 aromatic heterocycles. The Morgan fingerprint density at radius 1 is 0.444 bits per heavy atom. The summed E-state index contributed by atoms with van der Waals surface area (Å²) >= 11 is 0. The lowest BCUT2D eigenvalue weighted by atomic mass is 9.99. The number of ether oxygens (including phenoxy) is 3. The molecule has 0 bridgehead atoms. The van der Waals surface area contributed by atoms with E-state index < -0.39 is 67.4 Å². The van der Waals surface area contributed by atoms with Crippen LogP contribution in [0, 0.1) is 0 Å². The van der Waals surface area contributed by atoms with Crippen molar-refractivity contribution in [3.8, 4) is 0 Å². The molecule has 0 aromatic carbocycles. The predicted molar refractivity (Wildman–Crippen MR) is 379 cm³/mol. The number of aliphatic hydroxyl groups is 5. The van der Waals surface area contributed by atoms with E-state index in [-0.39, 0.29) is 13.0 Å². The summed E-state index contributed by atoms with van der Waals surface area (Å²) in [5.74, 6) is -1.21. The predicted octanol–water partition coefficient (Wildman–Crippen LogP) is 20.0. The van der Waals surface area contributed by atoms with Gasteiger partial charge in [0.1, 0.15) is 24.4 Å². The highest BCUT2D eigenvalue weighted by atomic mass is 16.7. The van der Waals surface area contributed by atoms with Gasteiger partial charge in [-0.2, -0.15) is 0 Å². The third kappa shape index (κ3) is 52.2. The average molecular weight is 1260 g/mol. The van der Waals surface area contributed by atoms with Gasteiger partial charge in [0.25, 0.3) is 0 Å². The molecule has 1 amide bonds. The van der Waals surface area contributed by atoms with E-state index in [1.54, 1.807) is 6.08 Å². The smallest absolute Gasteiger partial charge is 0.306 e. The molecule has 8 atom stereocenters. The van der Waals surface area contributed by atoms with E-state index in [1.807, 2.05) is 6.08 Å². The Kier molecular flexibility index (Phi) is 62.1. The van der Waals surface area contributed by atoms with E-state index in [0.29, 0.717) is 19.3 Å². The molecule has 8 unspecified atom stereocenters. The third-order valence-corrected chi connectivity index (χ3v) is 17.6. The Morgan fingerprint density at radius 3 is 1.20 bits per heavy atom. The maximum Gasteiger partial charge on any atom is 0.306 e. The molecule has 11 nitrogen and oxygen atoms in total. The fourth-order valence-electron chi connectivity index (χ4n) is 11.7. The van der Waals surface area contributed by atoms with Crippen molar-refractivity contribution in [1.82, 2.24) is 5.32 Å². The van der Waals surface area contributed by atoms with Gasteiger partial charge < -0.3 is 45.1 Å². The van der Waals surface area contributed by atoms with E-state index in [9.17, 15) is 35.1 Å². The number of unbranched alkanes of at least 4 members (excludes halogenated alkanes) is 39. The quantitative estimate of drug-likeness (QED) is 0.0195. The molecule has 11 heteroatoms. The molecule has 0 radical (unpaired) electrons. The number of amides is 1. The van der Waals surface area contributed by atoms with Crippen molar-refractivity contribution in [1.29, 1.82) is 0 Å². The van der Waals surface area contributed by atoms with E-state index in [1.165, 1.54) is 193 Å². The first-order valence-electron chi connectivity index (χ1n) is 37.9. The number of allylic oxidation sites excluding steroid dienone is 13. The minimum atomic E-state index is -1.63. The highest BCUT2D eigenvalue weighted by Crippen LogP contribution is 2.26. The van der Waals surface area contributed by atoms with Crippen LogP contribution in [0.1, 0.15) is 342 Å². The van der Waals surface area contributed by atoms with Crippen LogP contribution in [0.4, 0.5) is 0 Å². The standard InChI is InChI=1S/C79H141NO10/c1-4-7-10-13-16-19-22-25-27-29-31-33-35-36-37-39-40-42-44-46-48-51-54-57-60-63-66-72(83)78(87)80-70(71(82)65-62-59-56-53-50-24-21-18-15-12-9-6-3)69-88-79-77(76(86)75(85)73(68-81)89-79)90-74(84)67-64-61-58-55-52-49-47-45-43-41-38-34-32-30-28-26-23-20-17-14-11-8-5-2/h8,11,17,20,26,28,32,34,41,43,47,49,62,65,70-73,75-77,79,81-83,85-86H,4-7,9-10,12-16,18-19,21-25,27,29-31,33,35-40,42,44-46,48,50-61,63-64,66-69H2,1-3H3,(H,80,87)/b11-8-,20-17-,28-26-,34-32-,43-41-,49-47-,65-62+. The first-order chi connectivity index (χ1) is 44.2. The van der Waals surface area contributed by atoms with Crippen molar-refractivity contribution in [2.24, 2.45) is 0 Å². The van der Waals surface area contributed by atoms with Gasteiger partial charge in [-0.1, -0.05) is 343 Å². The van der Waals surface area contributed by atoms with Gasteiger partial charge in [-0.25, -0.2) is 0 Å². The van der Waals surface area contributed by atoms with Gasteiger partial charge in [-0.05, 0) is 77.0 Å². The Labute approximate surface area is 553 Å². The fourth-order valence-corrected chi connectivity index (χ4v) is 11.7. The van der Waals surface area contributed by atoms with Crippen molar-refractivity contribution >= 4 is 11.9 Å². The number of nitrogens with one attached hydrogen (secondary N) is 1. The molecule has 1 aliphatic heterocycles. The number of hydrogen-bond acceptors (Lipinski definition) is 10. The highest BCUT2D eigenvalue weighted by molar-refractivity contribution is 5.80. The second-order valence-electron chi connectivity index (χ2n) is 26.0. The SMILES string of the molecule is CC/C=C\C/C=C\C/C=C\C/C=C\C/C=C\C/C=C\CCCCCCC(=O)OC1C(OCC(NC(=O)C(O)CCCCCCCCCCCCCCCCCCCCCCCCCCCC)C(O)/C=C/CCCCCCCCCCCC)OC(CO)C(O)C1O. The Morgan fingerprint density at radius 2 is 0.800 bits per heavy atom. The Balaban J connectivity index is 2.55. The topological polar surface area (TPSA) is 175 Å². The normalized spacial score (nSPS) is 18.5. The largest absolute Gasteiger partial charge is 0.454 e. The molecule has 0 aliphatic carbocycles. The van der Waals surface area contributed by atoms with Crippen LogP contribution in [0.2, 0.25) is 0 Å². The maximum absolute atomic E-state index is 13.5. The van der Waals surface area contributed by atoms with Crippen LogP contribution < -0.4 is 5.32 Å². The number of carbonyl (C=O) groups excluding carboxylic acids is 2. The number of esters is 1. The second kappa shape index (κ2) is 65.9. The minimum absolute atomic E-state index is 0.0914. The first kappa shape index (κ1) is 84.9. The van der Waals surface area contributed by atoms with Crippen LogP contribution in [0.25, 0.3) is 0 Å². The highest BCUT2D eigenvalue weighted by Gasteiger charge is 2.47. The van der Waals surface area contributed by atoms with Gasteiger partial charge in [0.15, 0.2) is 12.4 Å². The van der Waals surface area contributed by atoms with Crippen LogP contribution in [0.3, 0.4) is 0 Å². The monoisotopic (exact) mass is 1260 g/mol. The molecule has 1 rings (SSSR count). The molecule has 1 saturated heterocycles. The van der Waals surface area contributed by atoms with Crippen LogP contribution in [0.15, 0.2) is 85.1 Å². The fraction of sp³-hybridized carbons (Fsp3) is 0.797. The van der Waals surface area contributed by atoms with Gasteiger partial charge >= 0.3 is 5.97 Å². The Hall–Kier alpha value is -3.16.